The maximum Gasteiger partial charge on any atom is 0.162 e. The first-order valence-electron chi connectivity index (χ1n) is 5.74. The molecule has 0 aliphatic heterocycles. The van der Waals surface area contributed by atoms with Gasteiger partial charge in [0.05, 0.1) is 0 Å². The molecule has 1 aromatic carbocycles. The minimum absolute atomic E-state index is 0.188. The normalized spacial score (nSPS) is 25.7. The highest BCUT2D eigenvalue weighted by molar-refractivity contribution is 5.83. The molecule has 0 saturated heterocycles. The summed E-state index contributed by atoms with van der Waals surface area (Å²) in [7, 11) is 0. The fraction of sp³-hybridized carbons (Fsp3) is 0.462. The number of ketones is 1. The van der Waals surface area contributed by atoms with Gasteiger partial charge in [-0.2, -0.15) is 0 Å². The molecule has 1 N–H and O–H groups in total. The maximum atomic E-state index is 13.6. The predicted molar refractivity (Wildman–Crippen MR) is 58.6 cm³/mol. The molecule has 2 rings (SSSR count). The molecule has 0 amide bonds. The summed E-state index contributed by atoms with van der Waals surface area (Å²) in [6.45, 7) is 0. The van der Waals surface area contributed by atoms with Gasteiger partial charge in [-0.05, 0) is 36.8 Å². The molecule has 0 spiro atoms. The van der Waals surface area contributed by atoms with Gasteiger partial charge in [0.15, 0.2) is 17.4 Å². The van der Waals surface area contributed by atoms with E-state index in [0.717, 1.165) is 6.07 Å². The predicted octanol–water partition coefficient (Wildman–Crippen LogP) is 2.55. The third-order valence-corrected chi connectivity index (χ3v) is 3.32. The molecule has 1 aliphatic rings. The van der Waals surface area contributed by atoms with Crippen LogP contribution in [-0.4, -0.2) is 17.0 Å². The van der Waals surface area contributed by atoms with Gasteiger partial charge in [0.25, 0.3) is 0 Å². The topological polar surface area (TPSA) is 37.3 Å². The Morgan fingerprint density at radius 3 is 2.71 bits per heavy atom. The number of hydrogen-bond donors (Lipinski definition) is 1. The van der Waals surface area contributed by atoms with E-state index in [1.807, 2.05) is 0 Å². The molecule has 2 nitrogen and oxygen atoms in total. The summed E-state index contributed by atoms with van der Waals surface area (Å²) in [6.07, 6.45) is 0.571. The van der Waals surface area contributed by atoms with E-state index in [0.29, 0.717) is 24.8 Å². The fourth-order valence-electron chi connectivity index (χ4n) is 2.29. The zero-order chi connectivity index (χ0) is 12.4. The molecule has 17 heavy (non-hydrogen) atoms. The van der Waals surface area contributed by atoms with E-state index in [1.54, 1.807) is 6.07 Å². The Labute approximate surface area is 98.3 Å². The van der Waals surface area contributed by atoms with Gasteiger partial charge in [0.1, 0.15) is 6.10 Å². The third kappa shape index (κ3) is 2.52. The number of hydrogen-bond acceptors (Lipinski definition) is 2. The SMILES string of the molecule is O=C1CCC(c2cccc(F)c2F)CCC1O. The molecule has 92 valence electrons. The van der Waals surface area contributed by atoms with Crippen LogP contribution in [0.25, 0.3) is 0 Å². The number of aliphatic hydroxyl groups excluding tert-OH is 1. The summed E-state index contributed by atoms with van der Waals surface area (Å²) in [6, 6.07) is 4.09. The van der Waals surface area contributed by atoms with Crippen molar-refractivity contribution in [3.8, 4) is 0 Å². The number of carbonyl (C=O) groups is 1. The van der Waals surface area contributed by atoms with Gasteiger partial charge in [-0.25, -0.2) is 8.78 Å². The first-order valence-corrected chi connectivity index (χ1v) is 5.74. The second-order valence-electron chi connectivity index (χ2n) is 4.44. The standard InChI is InChI=1S/C13H14F2O2/c14-10-3-1-2-9(13(10)15)8-4-6-11(16)12(17)7-5-8/h1-3,8,11,16H,4-7H2. The van der Waals surface area contributed by atoms with Crippen molar-refractivity contribution in [1.82, 2.24) is 0 Å². The molecular formula is C13H14F2O2. The van der Waals surface area contributed by atoms with Crippen molar-refractivity contribution >= 4 is 5.78 Å². The van der Waals surface area contributed by atoms with Crippen LogP contribution in [0.2, 0.25) is 0 Å². The van der Waals surface area contributed by atoms with Gasteiger partial charge in [0.2, 0.25) is 0 Å². The number of benzene rings is 1. The zero-order valence-electron chi connectivity index (χ0n) is 9.33. The lowest BCUT2D eigenvalue weighted by Crippen LogP contribution is -2.17. The van der Waals surface area contributed by atoms with Crippen molar-refractivity contribution < 1.29 is 18.7 Å². The highest BCUT2D eigenvalue weighted by Gasteiger charge is 2.26. The molecule has 0 bridgehead atoms. The molecule has 1 aromatic rings. The lowest BCUT2D eigenvalue weighted by Gasteiger charge is -2.15. The molecule has 1 aliphatic carbocycles. The Morgan fingerprint density at radius 2 is 1.94 bits per heavy atom. The molecule has 4 heteroatoms. The molecule has 1 saturated carbocycles. The van der Waals surface area contributed by atoms with E-state index in [2.05, 4.69) is 0 Å². The Balaban J connectivity index is 2.22. The van der Waals surface area contributed by atoms with Gasteiger partial charge < -0.3 is 5.11 Å². The van der Waals surface area contributed by atoms with Crippen LogP contribution >= 0.6 is 0 Å². The molecular weight excluding hydrogens is 226 g/mol. The smallest absolute Gasteiger partial charge is 0.162 e. The fourth-order valence-corrected chi connectivity index (χ4v) is 2.29. The number of carbonyl (C=O) groups excluding carboxylic acids is 1. The Hall–Kier alpha value is -1.29. The lowest BCUT2D eigenvalue weighted by atomic mass is 9.91. The van der Waals surface area contributed by atoms with Crippen LogP contribution in [0.15, 0.2) is 18.2 Å². The van der Waals surface area contributed by atoms with Crippen molar-refractivity contribution in [1.29, 1.82) is 0 Å². The monoisotopic (exact) mass is 240 g/mol. The van der Waals surface area contributed by atoms with Crippen molar-refractivity contribution in [2.45, 2.75) is 37.7 Å². The number of aliphatic hydroxyl groups is 1. The molecule has 0 radical (unpaired) electrons. The zero-order valence-corrected chi connectivity index (χ0v) is 9.33. The van der Waals surface area contributed by atoms with Crippen LogP contribution in [0.3, 0.4) is 0 Å². The van der Waals surface area contributed by atoms with Gasteiger partial charge in [-0.1, -0.05) is 12.1 Å². The minimum atomic E-state index is -0.948. The number of rotatable bonds is 1. The maximum absolute atomic E-state index is 13.6. The summed E-state index contributed by atoms with van der Waals surface area (Å²) in [5.74, 6) is -2.09. The first-order chi connectivity index (χ1) is 8.09. The second-order valence-corrected chi connectivity index (χ2v) is 4.44. The van der Waals surface area contributed by atoms with E-state index in [4.69, 9.17) is 0 Å². The summed E-state index contributed by atoms with van der Waals surface area (Å²) < 4.78 is 26.7. The van der Waals surface area contributed by atoms with E-state index < -0.39 is 17.7 Å². The van der Waals surface area contributed by atoms with Crippen LogP contribution in [-0.2, 0) is 4.79 Å². The van der Waals surface area contributed by atoms with E-state index >= 15 is 0 Å². The van der Waals surface area contributed by atoms with Crippen LogP contribution in [0, 0.1) is 11.6 Å². The highest BCUT2D eigenvalue weighted by atomic mass is 19.2. The van der Waals surface area contributed by atoms with Crippen LogP contribution in [0.5, 0.6) is 0 Å². The molecule has 0 heterocycles. The first kappa shape index (κ1) is 12.2. The largest absolute Gasteiger partial charge is 0.385 e. The Morgan fingerprint density at radius 1 is 1.18 bits per heavy atom. The second kappa shape index (κ2) is 4.92. The lowest BCUT2D eigenvalue weighted by molar-refractivity contribution is -0.126. The number of Topliss-reactive ketones (excluding diaryl/α,β-unsaturated/α-hetero) is 1. The summed E-state index contributed by atoms with van der Waals surface area (Å²) in [5.41, 5.74) is 0.312. The quantitative estimate of drug-likeness (QED) is 0.766. The van der Waals surface area contributed by atoms with Crippen LogP contribution < -0.4 is 0 Å². The van der Waals surface area contributed by atoms with E-state index in [9.17, 15) is 18.7 Å². The van der Waals surface area contributed by atoms with Gasteiger partial charge >= 0.3 is 0 Å². The van der Waals surface area contributed by atoms with Crippen molar-refractivity contribution in [3.63, 3.8) is 0 Å². The average molecular weight is 240 g/mol. The molecule has 0 aromatic heterocycles. The minimum Gasteiger partial charge on any atom is -0.385 e. The summed E-state index contributed by atoms with van der Waals surface area (Å²) in [5, 5.41) is 9.43. The van der Waals surface area contributed by atoms with Crippen molar-refractivity contribution in [2.24, 2.45) is 0 Å². The Kier molecular flexibility index (Phi) is 3.52. The third-order valence-electron chi connectivity index (χ3n) is 3.32. The van der Waals surface area contributed by atoms with E-state index in [-0.39, 0.29) is 18.1 Å². The molecule has 2 unspecified atom stereocenters. The van der Waals surface area contributed by atoms with Crippen molar-refractivity contribution in [2.75, 3.05) is 0 Å². The average Bonchev–Trinajstić information content (AvgIpc) is 2.47. The van der Waals surface area contributed by atoms with Gasteiger partial charge in [0, 0.05) is 6.42 Å². The number of halogens is 2. The highest BCUT2D eigenvalue weighted by Crippen LogP contribution is 2.32. The van der Waals surface area contributed by atoms with E-state index in [1.165, 1.54) is 6.07 Å². The van der Waals surface area contributed by atoms with Crippen LogP contribution in [0.4, 0.5) is 8.78 Å². The molecule has 1 fully saturated rings. The Bertz CT molecular complexity index is 431. The van der Waals surface area contributed by atoms with Gasteiger partial charge in [-0.3, -0.25) is 4.79 Å². The summed E-state index contributed by atoms with van der Waals surface area (Å²) in [4.78, 5) is 11.3. The molecule has 2 atom stereocenters. The summed E-state index contributed by atoms with van der Waals surface area (Å²) >= 11 is 0. The van der Waals surface area contributed by atoms with Crippen LogP contribution in [0.1, 0.15) is 37.2 Å². The van der Waals surface area contributed by atoms with Crippen molar-refractivity contribution in [3.05, 3.63) is 35.4 Å². The van der Waals surface area contributed by atoms with Gasteiger partial charge in [-0.15, -0.1) is 0 Å².